The third-order valence-corrected chi connectivity index (χ3v) is 3.27. The molecule has 0 spiro atoms. The highest BCUT2D eigenvalue weighted by atomic mass is 79.9. The summed E-state index contributed by atoms with van der Waals surface area (Å²) >= 11 is 8.84. The molecule has 1 aromatic heterocycles. The zero-order chi connectivity index (χ0) is 14.6. The number of pyridine rings is 1. The molecule has 0 saturated heterocycles. The van der Waals surface area contributed by atoms with Crippen LogP contribution in [0.2, 0.25) is 5.15 Å². The van der Waals surface area contributed by atoms with E-state index in [0.717, 1.165) is 0 Å². The van der Waals surface area contributed by atoms with Crippen LogP contribution in [0.25, 0.3) is 0 Å². The first-order chi connectivity index (χ1) is 8.69. The van der Waals surface area contributed by atoms with Crippen molar-refractivity contribution in [2.75, 3.05) is 4.72 Å². The van der Waals surface area contributed by atoms with Crippen molar-refractivity contribution in [1.29, 1.82) is 0 Å². The molecule has 0 saturated carbocycles. The number of anilines is 1. The van der Waals surface area contributed by atoms with Gasteiger partial charge >= 0.3 is 16.3 Å². The maximum atomic E-state index is 11.6. The van der Waals surface area contributed by atoms with Crippen LogP contribution in [-0.2, 0) is 14.9 Å². The molecule has 1 aromatic rings. The summed E-state index contributed by atoms with van der Waals surface area (Å²) in [5.41, 5.74) is 0.0286. The molecule has 1 heterocycles. The van der Waals surface area contributed by atoms with Crippen molar-refractivity contribution in [2.45, 2.75) is 20.0 Å². The number of hydrogen-bond donors (Lipinski definition) is 2. The summed E-state index contributed by atoms with van der Waals surface area (Å²) < 4.78 is 32.2. The average molecular weight is 373 g/mol. The predicted molar refractivity (Wildman–Crippen MR) is 74.2 cm³/mol. The number of carbonyl (C=O) groups is 1. The molecule has 106 valence electrons. The number of hydrogen-bond acceptors (Lipinski definition) is 5. The predicted octanol–water partition coefficient (Wildman–Crippen LogP) is 2.29. The topological polar surface area (TPSA) is 97.4 Å². The van der Waals surface area contributed by atoms with Gasteiger partial charge in [0.2, 0.25) is 0 Å². The fraction of sp³-hybridized carbons (Fsp3) is 0.333. The minimum Gasteiger partial charge on any atom is -0.446 e. The molecular weight excluding hydrogens is 362 g/mol. The lowest BCUT2D eigenvalue weighted by molar-refractivity contribution is 0.121. The van der Waals surface area contributed by atoms with E-state index in [-0.39, 0.29) is 10.8 Å². The van der Waals surface area contributed by atoms with Gasteiger partial charge in [-0.25, -0.2) is 14.5 Å². The number of halogens is 2. The van der Waals surface area contributed by atoms with E-state index in [1.807, 2.05) is 0 Å². The van der Waals surface area contributed by atoms with E-state index in [1.54, 1.807) is 18.6 Å². The third kappa shape index (κ3) is 5.62. The summed E-state index contributed by atoms with van der Waals surface area (Å²) in [6.07, 6.45) is -0.117. The SMILES string of the molecule is CC(C)OC(=O)NS(=O)(=O)Nc1cc(Br)cnc1Cl. The molecule has 0 bridgehead atoms. The maximum Gasteiger partial charge on any atom is 0.422 e. The van der Waals surface area contributed by atoms with Crippen LogP contribution in [0.15, 0.2) is 16.7 Å². The van der Waals surface area contributed by atoms with Crippen molar-refractivity contribution in [3.8, 4) is 0 Å². The van der Waals surface area contributed by atoms with E-state index >= 15 is 0 Å². The van der Waals surface area contributed by atoms with E-state index in [9.17, 15) is 13.2 Å². The number of carbonyl (C=O) groups excluding carboxylic acids is 1. The first-order valence-corrected chi connectivity index (χ1v) is 7.67. The second kappa shape index (κ2) is 6.40. The van der Waals surface area contributed by atoms with Gasteiger partial charge in [0, 0.05) is 10.7 Å². The van der Waals surface area contributed by atoms with E-state index in [2.05, 4.69) is 30.4 Å². The Balaban J connectivity index is 2.80. The summed E-state index contributed by atoms with van der Waals surface area (Å²) in [5.74, 6) is 0. The highest BCUT2D eigenvalue weighted by Gasteiger charge is 2.18. The molecular formula is C9H11BrClN3O4S. The number of amides is 1. The van der Waals surface area contributed by atoms with E-state index in [4.69, 9.17) is 11.6 Å². The molecule has 0 atom stereocenters. The van der Waals surface area contributed by atoms with Crippen LogP contribution in [0.1, 0.15) is 13.8 Å². The summed E-state index contributed by atoms with van der Waals surface area (Å²) in [7, 11) is -4.14. The zero-order valence-electron chi connectivity index (χ0n) is 9.98. The normalized spacial score (nSPS) is 11.2. The van der Waals surface area contributed by atoms with Crippen LogP contribution < -0.4 is 9.44 Å². The second-order valence-corrected chi connectivity index (χ2v) is 6.34. The van der Waals surface area contributed by atoms with Crippen molar-refractivity contribution < 1.29 is 17.9 Å². The first-order valence-electron chi connectivity index (χ1n) is 5.02. The zero-order valence-corrected chi connectivity index (χ0v) is 13.1. The average Bonchev–Trinajstić information content (AvgIpc) is 2.20. The van der Waals surface area contributed by atoms with Gasteiger partial charge in [-0.05, 0) is 35.8 Å². The first kappa shape index (κ1) is 16.0. The molecule has 19 heavy (non-hydrogen) atoms. The minimum atomic E-state index is -4.14. The Hall–Kier alpha value is -1.06. The highest BCUT2D eigenvalue weighted by molar-refractivity contribution is 9.10. The van der Waals surface area contributed by atoms with Gasteiger partial charge in [0.15, 0.2) is 5.15 Å². The van der Waals surface area contributed by atoms with Gasteiger partial charge in [-0.15, -0.1) is 0 Å². The molecule has 2 N–H and O–H groups in total. The van der Waals surface area contributed by atoms with Gasteiger partial charge in [0.25, 0.3) is 0 Å². The smallest absolute Gasteiger partial charge is 0.422 e. The van der Waals surface area contributed by atoms with Gasteiger partial charge < -0.3 is 4.74 Å². The molecule has 0 unspecified atom stereocenters. The minimum absolute atomic E-state index is 0.0286. The van der Waals surface area contributed by atoms with Gasteiger partial charge in [0.05, 0.1) is 11.8 Å². The lowest BCUT2D eigenvalue weighted by atomic mass is 10.4. The third-order valence-electron chi connectivity index (χ3n) is 1.61. The lowest BCUT2D eigenvalue weighted by Crippen LogP contribution is -2.36. The van der Waals surface area contributed by atoms with Crippen molar-refractivity contribution in [2.24, 2.45) is 0 Å². The lowest BCUT2D eigenvalue weighted by Gasteiger charge is -2.12. The Morgan fingerprint density at radius 2 is 2.16 bits per heavy atom. The summed E-state index contributed by atoms with van der Waals surface area (Å²) in [5, 5.41) is -0.0502. The number of rotatable bonds is 4. The molecule has 0 radical (unpaired) electrons. The second-order valence-electron chi connectivity index (χ2n) is 3.65. The van der Waals surface area contributed by atoms with Crippen molar-refractivity contribution in [3.63, 3.8) is 0 Å². The Kier molecular flexibility index (Phi) is 5.39. The molecule has 7 nitrogen and oxygen atoms in total. The van der Waals surface area contributed by atoms with E-state index in [0.29, 0.717) is 4.47 Å². The number of ether oxygens (including phenoxy) is 1. The molecule has 1 amide bonds. The molecule has 0 aliphatic heterocycles. The molecule has 0 fully saturated rings. The van der Waals surface area contributed by atoms with Crippen molar-refractivity contribution in [1.82, 2.24) is 9.71 Å². The Morgan fingerprint density at radius 1 is 1.53 bits per heavy atom. The van der Waals surface area contributed by atoms with E-state index in [1.165, 1.54) is 12.3 Å². The molecule has 0 aliphatic rings. The van der Waals surface area contributed by atoms with Crippen LogP contribution in [0, 0.1) is 0 Å². The number of nitrogens with zero attached hydrogens (tertiary/aromatic N) is 1. The molecule has 1 rings (SSSR count). The largest absolute Gasteiger partial charge is 0.446 e. The van der Waals surface area contributed by atoms with Gasteiger partial charge in [0.1, 0.15) is 0 Å². The number of aromatic nitrogens is 1. The van der Waals surface area contributed by atoms with Crippen LogP contribution >= 0.6 is 27.5 Å². The fourth-order valence-corrected chi connectivity index (χ4v) is 2.31. The summed E-state index contributed by atoms with van der Waals surface area (Å²) in [4.78, 5) is 14.9. The standard InChI is InChI=1S/C9H11BrClN3O4S/c1-5(2)18-9(15)14-19(16,17)13-7-3-6(10)4-12-8(7)11/h3-5,13H,1-2H3,(H,14,15). The Morgan fingerprint density at radius 3 is 2.74 bits per heavy atom. The van der Waals surface area contributed by atoms with Crippen molar-refractivity contribution >= 4 is 49.5 Å². The van der Waals surface area contributed by atoms with E-state index < -0.39 is 22.4 Å². The van der Waals surface area contributed by atoms with Crippen molar-refractivity contribution in [3.05, 3.63) is 21.9 Å². The summed E-state index contributed by atoms with van der Waals surface area (Å²) in [6.45, 7) is 3.18. The Bertz CT molecular complexity index is 579. The van der Waals surface area contributed by atoms with Gasteiger partial charge in [-0.3, -0.25) is 4.72 Å². The summed E-state index contributed by atoms with van der Waals surface area (Å²) in [6, 6.07) is 1.41. The van der Waals surface area contributed by atoms with Gasteiger partial charge in [-0.1, -0.05) is 11.6 Å². The number of nitrogens with one attached hydrogen (secondary N) is 2. The van der Waals surface area contributed by atoms with Crippen LogP contribution in [0.3, 0.4) is 0 Å². The highest BCUT2D eigenvalue weighted by Crippen LogP contribution is 2.23. The Labute approximate surface area is 124 Å². The fourth-order valence-electron chi connectivity index (χ4n) is 1.01. The molecule has 10 heteroatoms. The van der Waals surface area contributed by atoms with Gasteiger partial charge in [-0.2, -0.15) is 8.42 Å². The van der Waals surface area contributed by atoms with Crippen LogP contribution in [-0.4, -0.2) is 25.6 Å². The quantitative estimate of drug-likeness (QED) is 0.790. The monoisotopic (exact) mass is 371 g/mol. The van der Waals surface area contributed by atoms with Crippen LogP contribution in [0.5, 0.6) is 0 Å². The maximum absolute atomic E-state index is 11.6. The van der Waals surface area contributed by atoms with Crippen LogP contribution in [0.4, 0.5) is 10.5 Å². The molecule has 0 aliphatic carbocycles. The molecule has 0 aromatic carbocycles.